The Morgan fingerprint density at radius 1 is 1.39 bits per heavy atom. The molecule has 1 atom stereocenters. The molecule has 0 aliphatic rings. The molecule has 4 nitrogen and oxygen atoms in total. The number of benzene rings is 1. The second-order valence-electron chi connectivity index (χ2n) is 3.80. The minimum Gasteiger partial charge on any atom is -0.490 e. The molecular weight excluding hydrogens is 273 g/mol. The van der Waals surface area contributed by atoms with Crippen molar-refractivity contribution in [2.24, 2.45) is 0 Å². The SMILES string of the molecule is CC(Cl)c1cn(CCOc2ccccc2Cl)nn1. The smallest absolute Gasteiger partial charge is 0.137 e. The molecular formula is C12H13Cl2N3O. The number of ether oxygens (including phenoxy) is 1. The van der Waals surface area contributed by atoms with Crippen molar-refractivity contribution in [3.63, 3.8) is 0 Å². The maximum Gasteiger partial charge on any atom is 0.137 e. The predicted octanol–water partition coefficient (Wildman–Crippen LogP) is 3.31. The topological polar surface area (TPSA) is 39.9 Å². The number of halogens is 2. The first-order valence-electron chi connectivity index (χ1n) is 5.58. The van der Waals surface area contributed by atoms with Crippen LogP contribution in [0.1, 0.15) is 18.0 Å². The van der Waals surface area contributed by atoms with E-state index in [0.29, 0.717) is 23.9 Å². The van der Waals surface area contributed by atoms with Gasteiger partial charge in [0.25, 0.3) is 0 Å². The van der Waals surface area contributed by atoms with E-state index in [0.717, 1.165) is 5.69 Å². The zero-order valence-corrected chi connectivity index (χ0v) is 11.4. The lowest BCUT2D eigenvalue weighted by molar-refractivity contribution is 0.290. The summed E-state index contributed by atoms with van der Waals surface area (Å²) in [4.78, 5) is 0. The van der Waals surface area contributed by atoms with Gasteiger partial charge >= 0.3 is 0 Å². The molecule has 18 heavy (non-hydrogen) atoms. The summed E-state index contributed by atoms with van der Waals surface area (Å²) in [5, 5.41) is 8.39. The van der Waals surface area contributed by atoms with Gasteiger partial charge in [0.1, 0.15) is 18.1 Å². The number of alkyl halides is 1. The highest BCUT2D eigenvalue weighted by Gasteiger charge is 2.06. The Morgan fingerprint density at radius 3 is 2.83 bits per heavy atom. The molecule has 1 unspecified atom stereocenters. The third-order valence-electron chi connectivity index (χ3n) is 2.38. The van der Waals surface area contributed by atoms with Crippen LogP contribution in [0, 0.1) is 0 Å². The van der Waals surface area contributed by atoms with Crippen LogP contribution in [0.15, 0.2) is 30.5 Å². The average Bonchev–Trinajstić information content (AvgIpc) is 2.80. The summed E-state index contributed by atoms with van der Waals surface area (Å²) < 4.78 is 7.26. The standard InChI is InChI=1S/C12H13Cl2N3O/c1-9(13)11-8-17(16-15-11)6-7-18-12-5-3-2-4-10(12)14/h2-5,8-9H,6-7H2,1H3. The minimum atomic E-state index is -0.136. The zero-order chi connectivity index (χ0) is 13.0. The van der Waals surface area contributed by atoms with Crippen LogP contribution < -0.4 is 4.74 Å². The van der Waals surface area contributed by atoms with E-state index >= 15 is 0 Å². The lowest BCUT2D eigenvalue weighted by atomic mass is 10.3. The van der Waals surface area contributed by atoms with E-state index in [-0.39, 0.29) is 5.38 Å². The van der Waals surface area contributed by atoms with Crippen molar-refractivity contribution < 1.29 is 4.74 Å². The second-order valence-corrected chi connectivity index (χ2v) is 4.86. The fraction of sp³-hybridized carbons (Fsp3) is 0.333. The number of rotatable bonds is 5. The fourth-order valence-corrected chi connectivity index (χ4v) is 1.71. The first-order chi connectivity index (χ1) is 8.66. The molecule has 2 rings (SSSR count). The third-order valence-corrected chi connectivity index (χ3v) is 2.91. The van der Waals surface area contributed by atoms with Gasteiger partial charge in [-0.1, -0.05) is 28.9 Å². The fourth-order valence-electron chi connectivity index (χ4n) is 1.42. The molecule has 2 aromatic rings. The van der Waals surface area contributed by atoms with Gasteiger partial charge in [-0.2, -0.15) is 0 Å². The van der Waals surface area contributed by atoms with Gasteiger partial charge in [-0.05, 0) is 19.1 Å². The second kappa shape index (κ2) is 6.07. The molecule has 96 valence electrons. The van der Waals surface area contributed by atoms with E-state index in [1.165, 1.54) is 0 Å². The first-order valence-corrected chi connectivity index (χ1v) is 6.39. The van der Waals surface area contributed by atoms with Crippen LogP contribution in [0.25, 0.3) is 0 Å². The van der Waals surface area contributed by atoms with Gasteiger partial charge in [0.2, 0.25) is 0 Å². The number of nitrogens with zero attached hydrogens (tertiary/aromatic N) is 3. The van der Waals surface area contributed by atoms with Gasteiger partial charge in [-0.25, -0.2) is 4.68 Å². The number of hydrogen-bond acceptors (Lipinski definition) is 3. The zero-order valence-electron chi connectivity index (χ0n) is 9.88. The van der Waals surface area contributed by atoms with Crippen LogP contribution in [-0.2, 0) is 6.54 Å². The summed E-state index contributed by atoms with van der Waals surface area (Å²) in [5.74, 6) is 0.671. The quantitative estimate of drug-likeness (QED) is 0.792. The Labute approximate surface area is 115 Å². The van der Waals surface area contributed by atoms with E-state index < -0.39 is 0 Å². The molecule has 0 N–H and O–H groups in total. The molecule has 0 spiro atoms. The molecule has 0 fully saturated rings. The summed E-state index contributed by atoms with van der Waals surface area (Å²) in [7, 11) is 0. The normalized spacial score (nSPS) is 12.4. The number of hydrogen-bond donors (Lipinski definition) is 0. The van der Waals surface area contributed by atoms with Gasteiger partial charge < -0.3 is 4.74 Å². The Morgan fingerprint density at radius 2 is 2.17 bits per heavy atom. The molecule has 0 radical (unpaired) electrons. The van der Waals surface area contributed by atoms with Gasteiger partial charge in [0.15, 0.2) is 0 Å². The summed E-state index contributed by atoms with van der Waals surface area (Å²) in [5.41, 5.74) is 0.759. The van der Waals surface area contributed by atoms with Crippen molar-refractivity contribution in [2.45, 2.75) is 18.8 Å². The van der Waals surface area contributed by atoms with Gasteiger partial charge in [0.05, 0.1) is 23.1 Å². The summed E-state index contributed by atoms with van der Waals surface area (Å²) in [6.07, 6.45) is 1.81. The highest BCUT2D eigenvalue weighted by molar-refractivity contribution is 6.32. The Kier molecular flexibility index (Phi) is 4.44. The third kappa shape index (κ3) is 3.37. The van der Waals surface area contributed by atoms with E-state index in [2.05, 4.69) is 10.3 Å². The van der Waals surface area contributed by atoms with Crippen LogP contribution >= 0.6 is 23.2 Å². The Balaban J connectivity index is 1.87. The lowest BCUT2D eigenvalue weighted by Gasteiger charge is -2.07. The number of para-hydroxylation sites is 1. The molecule has 0 amide bonds. The molecule has 0 bridgehead atoms. The van der Waals surface area contributed by atoms with Crippen molar-refractivity contribution in [3.05, 3.63) is 41.2 Å². The molecule has 1 heterocycles. The minimum absolute atomic E-state index is 0.136. The van der Waals surface area contributed by atoms with Crippen LogP contribution in [-0.4, -0.2) is 21.6 Å². The Hall–Kier alpha value is -1.26. The van der Waals surface area contributed by atoms with Crippen LogP contribution in [0.2, 0.25) is 5.02 Å². The van der Waals surface area contributed by atoms with Crippen molar-refractivity contribution >= 4 is 23.2 Å². The van der Waals surface area contributed by atoms with Crippen LogP contribution in [0.5, 0.6) is 5.75 Å². The maximum atomic E-state index is 5.97. The van der Waals surface area contributed by atoms with E-state index in [4.69, 9.17) is 27.9 Å². The lowest BCUT2D eigenvalue weighted by Crippen LogP contribution is -2.08. The number of aromatic nitrogens is 3. The monoisotopic (exact) mass is 285 g/mol. The van der Waals surface area contributed by atoms with Crippen LogP contribution in [0.4, 0.5) is 0 Å². The average molecular weight is 286 g/mol. The van der Waals surface area contributed by atoms with E-state index in [9.17, 15) is 0 Å². The molecule has 1 aromatic heterocycles. The molecule has 1 aromatic carbocycles. The molecule has 0 saturated carbocycles. The predicted molar refractivity (Wildman–Crippen MR) is 71.2 cm³/mol. The largest absolute Gasteiger partial charge is 0.490 e. The van der Waals surface area contributed by atoms with E-state index in [1.54, 1.807) is 10.7 Å². The Bertz CT molecular complexity index is 514. The van der Waals surface area contributed by atoms with Crippen molar-refractivity contribution in [1.29, 1.82) is 0 Å². The summed E-state index contributed by atoms with van der Waals surface area (Å²) >= 11 is 11.9. The van der Waals surface area contributed by atoms with E-state index in [1.807, 2.05) is 31.3 Å². The van der Waals surface area contributed by atoms with Gasteiger partial charge in [0, 0.05) is 0 Å². The molecule has 0 aliphatic carbocycles. The van der Waals surface area contributed by atoms with Crippen molar-refractivity contribution in [3.8, 4) is 5.75 Å². The molecule has 0 aliphatic heterocycles. The van der Waals surface area contributed by atoms with Crippen molar-refractivity contribution in [1.82, 2.24) is 15.0 Å². The van der Waals surface area contributed by atoms with Crippen LogP contribution in [0.3, 0.4) is 0 Å². The molecule has 0 saturated heterocycles. The van der Waals surface area contributed by atoms with Crippen molar-refractivity contribution in [2.75, 3.05) is 6.61 Å². The van der Waals surface area contributed by atoms with Gasteiger partial charge in [-0.3, -0.25) is 0 Å². The van der Waals surface area contributed by atoms with Gasteiger partial charge in [-0.15, -0.1) is 16.7 Å². The highest BCUT2D eigenvalue weighted by atomic mass is 35.5. The maximum absolute atomic E-state index is 5.97. The highest BCUT2D eigenvalue weighted by Crippen LogP contribution is 2.23. The summed E-state index contributed by atoms with van der Waals surface area (Å²) in [6.45, 7) is 2.93. The first kappa shape index (κ1) is 13.2. The molecule has 6 heteroatoms. The summed E-state index contributed by atoms with van der Waals surface area (Å²) in [6, 6.07) is 7.36.